The summed E-state index contributed by atoms with van der Waals surface area (Å²) in [5, 5.41) is 0. The molecular weight excluding hydrogens is 378 g/mol. The first-order chi connectivity index (χ1) is 14.7. The van der Waals surface area contributed by atoms with E-state index >= 15 is 0 Å². The number of methoxy groups -OCH3 is 2. The van der Waals surface area contributed by atoms with Gasteiger partial charge in [0.05, 0.1) is 46.4 Å². The largest absolute Gasteiger partial charge is 0.497 e. The van der Waals surface area contributed by atoms with E-state index in [1.54, 1.807) is 14.2 Å². The van der Waals surface area contributed by atoms with Crippen LogP contribution in [-0.2, 0) is 4.79 Å². The maximum Gasteiger partial charge on any atom is 0.278 e. The zero-order valence-corrected chi connectivity index (χ0v) is 18.0. The third kappa shape index (κ3) is 4.38. The number of piperazine rings is 1. The highest BCUT2D eigenvalue weighted by atomic mass is 16.5. The Morgan fingerprint density at radius 1 is 1.03 bits per heavy atom. The molecule has 0 aliphatic carbocycles. The highest BCUT2D eigenvalue weighted by Crippen LogP contribution is 2.38. The molecule has 0 saturated carbocycles. The van der Waals surface area contributed by atoms with Crippen LogP contribution in [-0.4, -0.2) is 64.3 Å². The van der Waals surface area contributed by atoms with Gasteiger partial charge in [0.15, 0.2) is 6.54 Å². The van der Waals surface area contributed by atoms with Crippen molar-refractivity contribution in [1.29, 1.82) is 0 Å². The van der Waals surface area contributed by atoms with Crippen molar-refractivity contribution in [3.05, 3.63) is 54.1 Å². The van der Waals surface area contributed by atoms with Crippen LogP contribution < -0.4 is 19.3 Å². The van der Waals surface area contributed by atoms with Crippen LogP contribution >= 0.6 is 0 Å². The lowest BCUT2D eigenvalue weighted by molar-refractivity contribution is -0.892. The van der Waals surface area contributed by atoms with Gasteiger partial charge in [0.2, 0.25) is 0 Å². The van der Waals surface area contributed by atoms with Gasteiger partial charge in [0, 0.05) is 17.8 Å². The fourth-order valence-corrected chi connectivity index (χ4v) is 4.70. The predicted molar refractivity (Wildman–Crippen MR) is 117 cm³/mol. The summed E-state index contributed by atoms with van der Waals surface area (Å²) in [6.45, 7) is 5.32. The molecular formula is C24H32N3O3+. The molecule has 2 aliphatic heterocycles. The third-order valence-electron chi connectivity index (χ3n) is 6.36. The predicted octanol–water partition coefficient (Wildman–Crippen LogP) is 1.77. The summed E-state index contributed by atoms with van der Waals surface area (Å²) >= 11 is 0. The fraction of sp³-hybridized carbons (Fsp3) is 0.458. The first kappa shape index (κ1) is 20.5. The number of rotatable bonds is 6. The minimum atomic E-state index is 0.0626. The minimum absolute atomic E-state index is 0.0626. The molecule has 1 atom stereocenters. The number of quaternary nitrogens is 1. The minimum Gasteiger partial charge on any atom is -0.497 e. The van der Waals surface area contributed by atoms with E-state index in [0.29, 0.717) is 6.54 Å². The van der Waals surface area contributed by atoms with Gasteiger partial charge in [-0.25, -0.2) is 0 Å². The van der Waals surface area contributed by atoms with Crippen molar-refractivity contribution < 1.29 is 19.2 Å². The van der Waals surface area contributed by atoms with Crippen LogP contribution in [0.2, 0.25) is 0 Å². The number of benzene rings is 2. The second-order valence-corrected chi connectivity index (χ2v) is 8.10. The van der Waals surface area contributed by atoms with E-state index in [2.05, 4.69) is 29.2 Å². The molecule has 2 aromatic rings. The van der Waals surface area contributed by atoms with Crippen LogP contribution in [0.4, 0.5) is 5.69 Å². The monoisotopic (exact) mass is 410 g/mol. The lowest BCUT2D eigenvalue weighted by Gasteiger charge is -2.34. The number of carbonyl (C=O) groups excluding carboxylic acids is 1. The Labute approximate surface area is 179 Å². The van der Waals surface area contributed by atoms with Gasteiger partial charge < -0.3 is 24.2 Å². The highest BCUT2D eigenvalue weighted by Gasteiger charge is 2.34. The molecule has 0 unspecified atom stereocenters. The summed E-state index contributed by atoms with van der Waals surface area (Å²) in [4.78, 5) is 19.1. The van der Waals surface area contributed by atoms with Crippen molar-refractivity contribution >= 4 is 11.6 Å². The zero-order valence-electron chi connectivity index (χ0n) is 18.0. The maximum absolute atomic E-state index is 13.2. The number of hydrogen-bond donors (Lipinski definition) is 1. The van der Waals surface area contributed by atoms with Crippen molar-refractivity contribution in [1.82, 2.24) is 4.90 Å². The summed E-state index contributed by atoms with van der Waals surface area (Å²) in [5.74, 6) is 1.86. The van der Waals surface area contributed by atoms with Crippen molar-refractivity contribution in [2.24, 2.45) is 0 Å². The zero-order chi connectivity index (χ0) is 20.9. The Balaban J connectivity index is 1.39. The average Bonchev–Trinajstić information content (AvgIpc) is 3.30. The molecule has 6 nitrogen and oxygen atoms in total. The molecule has 0 aromatic heterocycles. The molecule has 1 amide bonds. The number of nitrogens with one attached hydrogen (secondary N) is 1. The van der Waals surface area contributed by atoms with E-state index < -0.39 is 0 Å². The van der Waals surface area contributed by atoms with Gasteiger partial charge >= 0.3 is 0 Å². The Hall–Kier alpha value is -2.73. The molecule has 2 heterocycles. The molecule has 6 heteroatoms. The van der Waals surface area contributed by atoms with Gasteiger partial charge in [-0.05, 0) is 43.2 Å². The number of nitrogens with zero attached hydrogens (tertiary/aromatic N) is 2. The molecule has 30 heavy (non-hydrogen) atoms. The molecule has 2 saturated heterocycles. The summed E-state index contributed by atoms with van der Waals surface area (Å²) in [5.41, 5.74) is 2.32. The molecule has 2 fully saturated rings. The van der Waals surface area contributed by atoms with E-state index in [-0.39, 0.29) is 11.9 Å². The van der Waals surface area contributed by atoms with E-state index in [4.69, 9.17) is 9.47 Å². The van der Waals surface area contributed by atoms with Crippen LogP contribution in [0.5, 0.6) is 11.5 Å². The Kier molecular flexibility index (Phi) is 6.43. The van der Waals surface area contributed by atoms with E-state index in [1.807, 2.05) is 29.2 Å². The molecule has 2 aromatic carbocycles. The Morgan fingerprint density at radius 3 is 2.50 bits per heavy atom. The molecule has 0 spiro atoms. The van der Waals surface area contributed by atoms with Crippen LogP contribution in [0.15, 0.2) is 48.5 Å². The third-order valence-corrected chi connectivity index (χ3v) is 6.36. The number of ether oxygens (including phenoxy) is 2. The van der Waals surface area contributed by atoms with Crippen LogP contribution in [0.3, 0.4) is 0 Å². The smallest absolute Gasteiger partial charge is 0.278 e. The standard InChI is InChI=1S/C24H31N3O3/c1-29-20-10-11-23(30-2)21(17-20)22-9-6-12-27(22)24(28)18-25-13-15-26(16-14-25)19-7-4-3-5-8-19/h3-5,7-8,10-11,17,22H,6,9,12-16,18H2,1-2H3/p+1/t22-/m0/s1. The van der Waals surface area contributed by atoms with E-state index in [9.17, 15) is 4.79 Å². The fourth-order valence-electron chi connectivity index (χ4n) is 4.70. The van der Waals surface area contributed by atoms with Crippen LogP contribution in [0.1, 0.15) is 24.4 Å². The van der Waals surface area contributed by atoms with Gasteiger partial charge in [0.1, 0.15) is 11.5 Å². The van der Waals surface area contributed by atoms with E-state index in [1.165, 1.54) is 10.6 Å². The summed E-state index contributed by atoms with van der Waals surface area (Å²) in [6, 6.07) is 16.4. The van der Waals surface area contributed by atoms with Crippen molar-refractivity contribution in [2.45, 2.75) is 18.9 Å². The van der Waals surface area contributed by atoms with Crippen LogP contribution in [0.25, 0.3) is 0 Å². The van der Waals surface area contributed by atoms with Gasteiger partial charge in [-0.3, -0.25) is 4.79 Å². The second kappa shape index (κ2) is 9.39. The van der Waals surface area contributed by atoms with Gasteiger partial charge in [0.25, 0.3) is 5.91 Å². The first-order valence-electron chi connectivity index (χ1n) is 10.8. The number of anilines is 1. The summed E-state index contributed by atoms with van der Waals surface area (Å²) in [6.07, 6.45) is 1.99. The number of amides is 1. The molecule has 1 N–H and O–H groups in total. The van der Waals surface area contributed by atoms with Gasteiger partial charge in [-0.2, -0.15) is 0 Å². The lowest BCUT2D eigenvalue weighted by atomic mass is 10.0. The molecule has 0 bridgehead atoms. The maximum atomic E-state index is 13.2. The van der Waals surface area contributed by atoms with Crippen molar-refractivity contribution in [3.8, 4) is 11.5 Å². The highest BCUT2D eigenvalue weighted by molar-refractivity contribution is 5.78. The first-order valence-corrected chi connectivity index (χ1v) is 10.8. The quantitative estimate of drug-likeness (QED) is 0.789. The number of para-hydroxylation sites is 1. The number of carbonyl (C=O) groups is 1. The SMILES string of the molecule is COc1ccc(OC)c([C@@H]2CCCN2C(=O)C[NH+]2CCN(c3ccccc3)CC2)c1. The summed E-state index contributed by atoms with van der Waals surface area (Å²) < 4.78 is 11.0. The second-order valence-electron chi connectivity index (χ2n) is 8.10. The van der Waals surface area contributed by atoms with Gasteiger partial charge in [-0.15, -0.1) is 0 Å². The normalized spacial score (nSPS) is 19.7. The topological polar surface area (TPSA) is 46.5 Å². The van der Waals surface area contributed by atoms with Crippen molar-refractivity contribution in [2.75, 3.05) is 58.4 Å². The van der Waals surface area contributed by atoms with Crippen molar-refractivity contribution in [3.63, 3.8) is 0 Å². The van der Waals surface area contributed by atoms with Crippen LogP contribution in [0, 0.1) is 0 Å². The molecule has 160 valence electrons. The Morgan fingerprint density at radius 2 is 1.80 bits per heavy atom. The average molecular weight is 411 g/mol. The number of likely N-dealkylation sites (tertiary alicyclic amines) is 1. The van der Waals surface area contributed by atoms with E-state index in [0.717, 1.165) is 62.6 Å². The molecule has 0 radical (unpaired) electrons. The molecule has 2 aliphatic rings. The Bertz CT molecular complexity index is 850. The summed E-state index contributed by atoms with van der Waals surface area (Å²) in [7, 11) is 3.35. The lowest BCUT2D eigenvalue weighted by Crippen LogP contribution is -3.15. The number of hydrogen-bond acceptors (Lipinski definition) is 4. The molecule has 4 rings (SSSR count). The van der Waals surface area contributed by atoms with Gasteiger partial charge in [-0.1, -0.05) is 18.2 Å².